The number of rotatable bonds is 7. The molecule has 0 unspecified atom stereocenters. The first-order chi connectivity index (χ1) is 30.3. The summed E-state index contributed by atoms with van der Waals surface area (Å²) in [6.07, 6.45) is 0. The van der Waals surface area contributed by atoms with E-state index in [1.54, 1.807) is 0 Å². The number of nitrogens with zero attached hydrogens (tertiary/aromatic N) is 1. The van der Waals surface area contributed by atoms with Gasteiger partial charge in [-0.25, -0.2) is 0 Å². The Morgan fingerprint density at radius 2 is 0.902 bits per heavy atom. The van der Waals surface area contributed by atoms with E-state index in [2.05, 4.69) is 241 Å². The van der Waals surface area contributed by atoms with Gasteiger partial charge >= 0.3 is 0 Å². The second-order valence-electron chi connectivity index (χ2n) is 15.9. The minimum atomic E-state index is -0.534. The first kappa shape index (κ1) is 35.0. The van der Waals surface area contributed by atoms with Crippen LogP contribution in [0.4, 0.5) is 17.1 Å². The predicted octanol–water partition coefficient (Wildman–Crippen LogP) is 15.9. The van der Waals surface area contributed by atoms with E-state index in [1.165, 1.54) is 55.3 Å². The largest absolute Gasteiger partial charge is 0.455 e. The smallest absolute Gasteiger partial charge is 0.143 e. The lowest BCUT2D eigenvalue weighted by atomic mass is 9.68. The van der Waals surface area contributed by atoms with Crippen LogP contribution in [0.3, 0.4) is 0 Å². The third-order valence-electron chi connectivity index (χ3n) is 12.8. The normalized spacial score (nSPS) is 12.7. The minimum Gasteiger partial charge on any atom is -0.455 e. The summed E-state index contributed by atoms with van der Waals surface area (Å²) < 4.78 is 6.89. The van der Waals surface area contributed by atoms with Gasteiger partial charge in [-0.2, -0.15) is 0 Å². The number of benzene rings is 10. The van der Waals surface area contributed by atoms with Crippen LogP contribution in [-0.2, 0) is 5.41 Å². The van der Waals surface area contributed by atoms with E-state index in [0.29, 0.717) is 0 Å². The van der Waals surface area contributed by atoms with E-state index in [1.807, 2.05) is 0 Å². The molecular weight excluding hydrogens is 739 g/mol. The van der Waals surface area contributed by atoms with E-state index in [4.69, 9.17) is 4.42 Å². The maximum atomic E-state index is 6.89. The molecule has 286 valence electrons. The lowest BCUT2D eigenvalue weighted by molar-refractivity contribution is 0.670. The summed E-state index contributed by atoms with van der Waals surface area (Å²) in [6.45, 7) is 0. The Bertz CT molecular complexity index is 3360. The summed E-state index contributed by atoms with van der Waals surface area (Å²) in [5.74, 6) is 0. The van der Waals surface area contributed by atoms with E-state index in [0.717, 1.165) is 50.1 Å². The third kappa shape index (κ3) is 5.36. The molecule has 12 rings (SSSR count). The second kappa shape index (κ2) is 14.1. The van der Waals surface area contributed by atoms with E-state index < -0.39 is 5.41 Å². The standard InChI is InChI=1S/C59H39NO/c1-4-18-41(19-5-1)48-29-15-30-50-57-54(34-17-35-55(57)61-58(48)50)60(45-38-36-42(37-39-45)47-28-14-21-40-20-10-11-26-46(40)47)53-33-16-32-52-56(53)49-27-12-13-31-51(49)59(52,43-22-6-2-7-23-43)44-24-8-3-9-25-44/h1-39H. The molecular formula is C59H39NO. The van der Waals surface area contributed by atoms with Crippen molar-refractivity contribution in [2.75, 3.05) is 4.90 Å². The van der Waals surface area contributed by atoms with Crippen LogP contribution in [0.5, 0.6) is 0 Å². The summed E-state index contributed by atoms with van der Waals surface area (Å²) in [7, 11) is 0. The van der Waals surface area contributed by atoms with Crippen LogP contribution < -0.4 is 4.90 Å². The molecule has 10 aromatic carbocycles. The Morgan fingerprint density at radius 1 is 0.361 bits per heavy atom. The van der Waals surface area contributed by atoms with Crippen LogP contribution in [0, 0.1) is 0 Å². The Labute approximate surface area is 355 Å². The molecule has 2 nitrogen and oxygen atoms in total. The molecule has 0 radical (unpaired) electrons. The topological polar surface area (TPSA) is 16.4 Å². The maximum absolute atomic E-state index is 6.89. The van der Waals surface area contributed by atoms with Gasteiger partial charge in [-0.05, 0) is 85.6 Å². The van der Waals surface area contributed by atoms with Gasteiger partial charge in [-0.1, -0.05) is 206 Å². The van der Waals surface area contributed by atoms with Gasteiger partial charge in [0.05, 0.1) is 22.2 Å². The molecule has 1 aliphatic rings. The number of anilines is 3. The molecule has 0 atom stereocenters. The zero-order valence-corrected chi connectivity index (χ0v) is 33.4. The summed E-state index contributed by atoms with van der Waals surface area (Å²) in [5.41, 5.74) is 16.5. The number of hydrogen-bond acceptors (Lipinski definition) is 2. The number of fused-ring (bicyclic) bond motifs is 7. The van der Waals surface area contributed by atoms with Gasteiger partial charge in [0.15, 0.2) is 0 Å². The average molecular weight is 778 g/mol. The van der Waals surface area contributed by atoms with Crippen molar-refractivity contribution in [2.45, 2.75) is 5.41 Å². The highest BCUT2D eigenvalue weighted by Crippen LogP contribution is 2.60. The zero-order chi connectivity index (χ0) is 40.3. The van der Waals surface area contributed by atoms with E-state index >= 15 is 0 Å². The monoisotopic (exact) mass is 777 g/mol. The molecule has 0 aliphatic heterocycles. The second-order valence-corrected chi connectivity index (χ2v) is 15.9. The van der Waals surface area contributed by atoms with Gasteiger partial charge in [0.2, 0.25) is 0 Å². The van der Waals surface area contributed by atoms with Crippen molar-refractivity contribution in [2.24, 2.45) is 0 Å². The van der Waals surface area contributed by atoms with Gasteiger partial charge < -0.3 is 9.32 Å². The van der Waals surface area contributed by atoms with E-state index in [9.17, 15) is 0 Å². The molecule has 0 bridgehead atoms. The number of hydrogen-bond donors (Lipinski definition) is 0. The molecule has 0 amide bonds. The molecule has 61 heavy (non-hydrogen) atoms. The highest BCUT2D eigenvalue weighted by atomic mass is 16.3. The predicted molar refractivity (Wildman–Crippen MR) is 254 cm³/mol. The minimum absolute atomic E-state index is 0.534. The summed E-state index contributed by atoms with van der Waals surface area (Å²) in [4.78, 5) is 2.47. The zero-order valence-electron chi connectivity index (χ0n) is 33.4. The van der Waals surface area contributed by atoms with Crippen molar-refractivity contribution in [3.63, 3.8) is 0 Å². The molecule has 11 aromatic rings. The van der Waals surface area contributed by atoms with Crippen LogP contribution >= 0.6 is 0 Å². The molecule has 2 heteroatoms. The van der Waals surface area contributed by atoms with Gasteiger partial charge in [0, 0.05) is 22.2 Å². The van der Waals surface area contributed by atoms with Gasteiger partial charge in [0.25, 0.3) is 0 Å². The van der Waals surface area contributed by atoms with Crippen molar-refractivity contribution in [1.29, 1.82) is 0 Å². The molecule has 1 aromatic heterocycles. The van der Waals surface area contributed by atoms with Crippen LogP contribution in [0.25, 0.3) is 66.1 Å². The molecule has 0 N–H and O–H groups in total. The van der Waals surface area contributed by atoms with Gasteiger partial charge in [-0.3, -0.25) is 0 Å². The SMILES string of the molecule is c1ccc(-c2cccc3c2oc2cccc(N(c4ccc(-c5cccc6ccccc56)cc4)c4cccc5c4-c4ccccc4C5(c4ccccc4)c4ccccc4)c23)cc1. The quantitative estimate of drug-likeness (QED) is 0.160. The number of para-hydroxylation sites is 1. The fourth-order valence-corrected chi connectivity index (χ4v) is 10.2. The van der Waals surface area contributed by atoms with Crippen molar-refractivity contribution in [3.8, 4) is 33.4 Å². The van der Waals surface area contributed by atoms with Crippen LogP contribution in [0.2, 0.25) is 0 Å². The lowest BCUT2D eigenvalue weighted by Gasteiger charge is -2.34. The third-order valence-corrected chi connectivity index (χ3v) is 12.8. The van der Waals surface area contributed by atoms with Gasteiger partial charge in [0.1, 0.15) is 11.2 Å². The van der Waals surface area contributed by atoms with Crippen LogP contribution in [-0.4, -0.2) is 0 Å². The van der Waals surface area contributed by atoms with Crippen molar-refractivity contribution >= 4 is 49.8 Å². The highest BCUT2D eigenvalue weighted by molar-refractivity contribution is 6.17. The molecule has 0 fully saturated rings. The summed E-state index contributed by atoms with van der Waals surface area (Å²) >= 11 is 0. The number of furan rings is 1. The first-order valence-electron chi connectivity index (χ1n) is 21.0. The van der Waals surface area contributed by atoms with Crippen molar-refractivity contribution < 1.29 is 4.42 Å². The summed E-state index contributed by atoms with van der Waals surface area (Å²) in [5, 5.41) is 4.64. The molecule has 0 saturated heterocycles. The lowest BCUT2D eigenvalue weighted by Crippen LogP contribution is -2.28. The van der Waals surface area contributed by atoms with E-state index in [-0.39, 0.29) is 0 Å². The first-order valence-corrected chi connectivity index (χ1v) is 21.0. The molecule has 0 saturated carbocycles. The summed E-state index contributed by atoms with van der Waals surface area (Å²) in [6, 6.07) is 85.9. The molecule has 1 heterocycles. The maximum Gasteiger partial charge on any atom is 0.143 e. The van der Waals surface area contributed by atoms with Gasteiger partial charge in [-0.15, -0.1) is 0 Å². The average Bonchev–Trinajstić information content (AvgIpc) is 3.88. The van der Waals surface area contributed by atoms with Crippen molar-refractivity contribution in [3.05, 3.63) is 259 Å². The Balaban J connectivity index is 1.15. The Morgan fingerprint density at radius 3 is 1.69 bits per heavy atom. The van der Waals surface area contributed by atoms with Crippen LogP contribution in [0.15, 0.2) is 241 Å². The Kier molecular flexibility index (Phi) is 8.11. The van der Waals surface area contributed by atoms with Crippen molar-refractivity contribution in [1.82, 2.24) is 0 Å². The fourth-order valence-electron chi connectivity index (χ4n) is 10.2. The molecule has 1 aliphatic carbocycles. The van der Waals surface area contributed by atoms with Crippen LogP contribution in [0.1, 0.15) is 22.3 Å². The molecule has 0 spiro atoms. The highest BCUT2D eigenvalue weighted by Gasteiger charge is 2.47. The fraction of sp³-hybridized carbons (Fsp3) is 0.0169. The Hall–Kier alpha value is -7.94.